The zero-order valence-corrected chi connectivity index (χ0v) is 35.5. The van der Waals surface area contributed by atoms with Gasteiger partial charge in [-0.25, -0.2) is 0 Å². The maximum Gasteiger partial charge on any atom is 0.135 e. The van der Waals surface area contributed by atoms with E-state index in [1.54, 1.807) is 0 Å². The van der Waals surface area contributed by atoms with Crippen LogP contribution in [0.1, 0.15) is 55.5 Å². The number of nitrogens with zero attached hydrogens (tertiary/aromatic N) is 2. The fraction of sp³-hybridized carbons (Fsp3) is 0.103. The third-order valence-corrected chi connectivity index (χ3v) is 15.4. The first kappa shape index (κ1) is 34.6. The second kappa shape index (κ2) is 12.2. The van der Waals surface area contributed by atoms with Crippen LogP contribution in [0, 0.1) is 0 Å². The Labute approximate surface area is 362 Å². The second-order valence-corrected chi connectivity index (χ2v) is 19.2. The van der Waals surface area contributed by atoms with Gasteiger partial charge in [-0.15, -0.1) is 11.3 Å². The Morgan fingerprint density at radius 2 is 1.23 bits per heavy atom. The third kappa shape index (κ3) is 4.54. The maximum atomic E-state index is 6.25. The van der Waals surface area contributed by atoms with Gasteiger partial charge < -0.3 is 13.6 Å². The van der Waals surface area contributed by atoms with Gasteiger partial charge in [0.05, 0.1) is 16.6 Å². The average Bonchev–Trinajstić information content (AvgIpc) is 4.09. The molecule has 1 unspecified atom stereocenters. The topological polar surface area (TPSA) is 23.0 Å². The molecule has 0 bridgehead atoms. The molecule has 14 rings (SSSR count). The van der Waals surface area contributed by atoms with Crippen molar-refractivity contribution in [2.45, 2.75) is 38.5 Å². The summed E-state index contributed by atoms with van der Waals surface area (Å²) in [6.45, 7) is 7.26. The Kier molecular flexibility index (Phi) is 6.83. The predicted molar refractivity (Wildman–Crippen MR) is 263 cm³/mol. The first-order valence-corrected chi connectivity index (χ1v) is 22.6. The number of para-hydroxylation sites is 2. The van der Waals surface area contributed by atoms with Crippen molar-refractivity contribution in [2.24, 2.45) is 0 Å². The van der Waals surface area contributed by atoms with Crippen LogP contribution in [0.2, 0.25) is 0 Å². The quantitative estimate of drug-likeness (QED) is 0.174. The number of allylic oxidation sites excluding steroid dienone is 1. The molecule has 2 aliphatic carbocycles. The zero-order chi connectivity index (χ0) is 41.0. The second-order valence-electron chi connectivity index (χ2n) is 18.1. The molecule has 0 fully saturated rings. The number of thiophene rings is 1. The van der Waals surface area contributed by atoms with E-state index in [-0.39, 0.29) is 5.41 Å². The van der Waals surface area contributed by atoms with Crippen LogP contribution in [0.4, 0.5) is 0 Å². The summed E-state index contributed by atoms with van der Waals surface area (Å²) in [6, 6.07) is 58.8. The minimum atomic E-state index is -0.160. The molecule has 3 nitrogen and oxygen atoms in total. The van der Waals surface area contributed by atoms with Crippen LogP contribution in [0.25, 0.3) is 115 Å². The Morgan fingerprint density at radius 3 is 2.10 bits per heavy atom. The van der Waals surface area contributed by atoms with Crippen molar-refractivity contribution in [1.82, 2.24) is 9.13 Å². The van der Waals surface area contributed by atoms with E-state index in [2.05, 4.69) is 194 Å². The molecule has 4 heteroatoms. The molecule has 0 amide bonds. The molecule has 4 heterocycles. The average molecular weight is 813 g/mol. The van der Waals surface area contributed by atoms with Gasteiger partial charge in [-0.2, -0.15) is 0 Å². The molecule has 0 saturated heterocycles. The van der Waals surface area contributed by atoms with Gasteiger partial charge in [0.2, 0.25) is 0 Å². The number of furan rings is 1. The van der Waals surface area contributed by atoms with Crippen LogP contribution in [0.3, 0.4) is 0 Å². The first-order chi connectivity index (χ1) is 30.4. The molecule has 0 radical (unpaired) electrons. The van der Waals surface area contributed by atoms with Crippen molar-refractivity contribution in [1.29, 1.82) is 0 Å². The molecular weight excluding hydrogens is 773 g/mol. The Bertz CT molecular complexity index is 3960. The molecule has 8 aromatic carbocycles. The molecule has 62 heavy (non-hydrogen) atoms. The van der Waals surface area contributed by atoms with Gasteiger partial charge in [-0.05, 0) is 107 Å². The highest BCUT2D eigenvalue weighted by atomic mass is 32.1. The van der Waals surface area contributed by atoms with Gasteiger partial charge in [0, 0.05) is 81.1 Å². The lowest BCUT2D eigenvalue weighted by atomic mass is 9.80. The van der Waals surface area contributed by atoms with Crippen molar-refractivity contribution in [3.63, 3.8) is 0 Å². The molecule has 0 N–H and O–H groups in total. The lowest BCUT2D eigenvalue weighted by molar-refractivity contribution is 0.665. The third-order valence-electron chi connectivity index (χ3n) is 14.3. The molecule has 1 atom stereocenters. The maximum absolute atomic E-state index is 6.25. The van der Waals surface area contributed by atoms with Crippen LogP contribution in [0.15, 0.2) is 168 Å². The van der Waals surface area contributed by atoms with E-state index < -0.39 is 0 Å². The summed E-state index contributed by atoms with van der Waals surface area (Å²) >= 11 is 1.91. The molecule has 0 spiro atoms. The van der Waals surface area contributed by atoms with Gasteiger partial charge in [0.1, 0.15) is 11.2 Å². The fourth-order valence-corrected chi connectivity index (χ4v) is 12.6. The van der Waals surface area contributed by atoms with Gasteiger partial charge in [-0.1, -0.05) is 124 Å². The normalized spacial score (nSPS) is 15.5. The lowest BCUT2D eigenvalue weighted by Crippen LogP contribution is -2.16. The number of hydrogen-bond donors (Lipinski definition) is 0. The van der Waals surface area contributed by atoms with Gasteiger partial charge >= 0.3 is 0 Å². The van der Waals surface area contributed by atoms with E-state index in [4.69, 9.17) is 4.42 Å². The molecule has 0 aliphatic heterocycles. The van der Waals surface area contributed by atoms with E-state index in [1.165, 1.54) is 103 Å². The molecule has 4 aromatic heterocycles. The van der Waals surface area contributed by atoms with E-state index in [9.17, 15) is 0 Å². The number of rotatable bonds is 3. The summed E-state index contributed by atoms with van der Waals surface area (Å²) in [6.07, 6.45) is 5.76. The highest BCUT2D eigenvalue weighted by molar-refractivity contribution is 7.25. The minimum absolute atomic E-state index is 0.160. The smallest absolute Gasteiger partial charge is 0.135 e. The molecule has 12 aromatic rings. The minimum Gasteiger partial charge on any atom is -0.456 e. The fourth-order valence-electron chi connectivity index (χ4n) is 11.5. The van der Waals surface area contributed by atoms with Gasteiger partial charge in [-0.3, -0.25) is 0 Å². The van der Waals surface area contributed by atoms with Crippen molar-refractivity contribution in [3.05, 3.63) is 186 Å². The number of fused-ring (bicyclic) bond motifs is 16. The van der Waals surface area contributed by atoms with E-state index in [0.29, 0.717) is 5.92 Å². The summed E-state index contributed by atoms with van der Waals surface area (Å²) in [5.41, 5.74) is 18.4. The highest BCUT2D eigenvalue weighted by Gasteiger charge is 2.38. The Morgan fingerprint density at radius 1 is 0.548 bits per heavy atom. The molecule has 2 aliphatic rings. The molecule has 294 valence electrons. The van der Waals surface area contributed by atoms with Crippen LogP contribution < -0.4 is 0 Å². The largest absolute Gasteiger partial charge is 0.456 e. The number of benzene rings is 8. The SMILES string of the molecule is CC1CC=Cc2c1n(-c1ccc3c(c1)C(C)(C)c1c-3ccc3sc4ccccc4c13)c1cc(-c3ccc4c5ccccc5n(-c5ccc6oc7ccccc7c6c5)c4c3)ccc21. The summed E-state index contributed by atoms with van der Waals surface area (Å²) in [4.78, 5) is 0. The summed E-state index contributed by atoms with van der Waals surface area (Å²) < 4.78 is 14.0. The van der Waals surface area contributed by atoms with Crippen LogP contribution in [-0.4, -0.2) is 9.13 Å². The highest BCUT2D eigenvalue weighted by Crippen LogP contribution is 2.55. The van der Waals surface area contributed by atoms with Crippen molar-refractivity contribution in [3.8, 4) is 33.6 Å². The van der Waals surface area contributed by atoms with Crippen molar-refractivity contribution >= 4 is 92.2 Å². The monoisotopic (exact) mass is 812 g/mol. The standard InChI is InChI=1S/C58H40N2OS/c1-33-11-10-15-44-41-24-20-35(34-19-23-40-39-12-4-7-16-48(39)59(49(40)29-34)36-22-27-52-46(31-36)42-13-5-8-17-51(42)61-52)30-50(41)60(57(33)44)37-21-25-38-43-26-28-54-55(45-14-6-9-18-53(45)62-54)56(43)58(2,3)47(38)32-37/h4-10,12-33H,11H2,1-3H3. The van der Waals surface area contributed by atoms with E-state index >= 15 is 0 Å². The first-order valence-electron chi connectivity index (χ1n) is 21.8. The zero-order valence-electron chi connectivity index (χ0n) is 34.7. The predicted octanol–water partition coefficient (Wildman–Crippen LogP) is 16.5. The van der Waals surface area contributed by atoms with Crippen LogP contribution >= 0.6 is 11.3 Å². The van der Waals surface area contributed by atoms with Gasteiger partial charge in [0.25, 0.3) is 0 Å². The Balaban J connectivity index is 0.957. The van der Waals surface area contributed by atoms with Crippen LogP contribution in [0.5, 0.6) is 0 Å². The van der Waals surface area contributed by atoms with Crippen LogP contribution in [-0.2, 0) is 5.41 Å². The molecule has 0 saturated carbocycles. The van der Waals surface area contributed by atoms with E-state index in [1.807, 2.05) is 17.4 Å². The summed E-state index contributed by atoms with van der Waals surface area (Å²) in [5, 5.41) is 8.86. The lowest BCUT2D eigenvalue weighted by Gasteiger charge is -2.24. The van der Waals surface area contributed by atoms with Gasteiger partial charge in [0.15, 0.2) is 0 Å². The number of aromatic nitrogens is 2. The number of hydrogen-bond acceptors (Lipinski definition) is 2. The van der Waals surface area contributed by atoms with Crippen molar-refractivity contribution < 1.29 is 4.42 Å². The molecular formula is C58H40N2OS. The van der Waals surface area contributed by atoms with Crippen molar-refractivity contribution in [2.75, 3.05) is 0 Å². The summed E-state index contributed by atoms with van der Waals surface area (Å²) in [5.74, 6) is 0.387. The Hall–Kier alpha value is -7.14. The van der Waals surface area contributed by atoms with E-state index in [0.717, 1.165) is 34.0 Å². The summed E-state index contributed by atoms with van der Waals surface area (Å²) in [7, 11) is 0.